The van der Waals surface area contributed by atoms with Crippen molar-refractivity contribution in [1.82, 2.24) is 20.0 Å². The lowest BCUT2D eigenvalue weighted by molar-refractivity contribution is -0.113. The number of hydrogen-bond acceptors (Lipinski definition) is 4. The molecule has 1 aliphatic rings. The highest BCUT2D eigenvalue weighted by atomic mass is 19.1. The molecule has 0 saturated carbocycles. The smallest absolute Gasteiger partial charge is 0.321 e. The van der Waals surface area contributed by atoms with Crippen LogP contribution in [0.1, 0.15) is 17.2 Å². The summed E-state index contributed by atoms with van der Waals surface area (Å²) in [5.74, 6) is -1.62. The van der Waals surface area contributed by atoms with Crippen LogP contribution in [0.4, 0.5) is 19.3 Å². The standard InChI is InChI=1S/C24H21F2N5O3/c1-13-10-19(26)17(16-8-9-27-31(3)23(16)33)11-20(13)28-22(32)18-12-30(2)24(34)29-21(18)14-4-6-15(25)7-5-14/h4-12,21H,1-3H3,(H,28,32)(H,29,34)/t21-/m0/s1. The number of carbonyl (C=O) groups excluding carboxylic acids is 2. The van der Waals surface area contributed by atoms with Crippen LogP contribution < -0.4 is 16.2 Å². The second-order valence-corrected chi connectivity index (χ2v) is 7.90. The lowest BCUT2D eigenvalue weighted by Crippen LogP contribution is -2.44. The minimum absolute atomic E-state index is 0.0158. The van der Waals surface area contributed by atoms with E-state index in [1.165, 1.54) is 73.9 Å². The van der Waals surface area contributed by atoms with E-state index < -0.39 is 35.2 Å². The van der Waals surface area contributed by atoms with E-state index in [0.29, 0.717) is 16.8 Å². The first-order valence-electron chi connectivity index (χ1n) is 10.3. The van der Waals surface area contributed by atoms with Crippen molar-refractivity contribution < 1.29 is 18.4 Å². The van der Waals surface area contributed by atoms with Crippen molar-refractivity contribution in [2.45, 2.75) is 13.0 Å². The average molecular weight is 465 g/mol. The molecule has 174 valence electrons. The van der Waals surface area contributed by atoms with Gasteiger partial charge in [0, 0.05) is 37.7 Å². The van der Waals surface area contributed by atoms with Crippen LogP contribution in [-0.4, -0.2) is 33.7 Å². The normalized spacial score (nSPS) is 15.6. The summed E-state index contributed by atoms with van der Waals surface area (Å²) in [4.78, 5) is 39.1. The average Bonchev–Trinajstić information content (AvgIpc) is 2.80. The third-order valence-electron chi connectivity index (χ3n) is 5.56. The van der Waals surface area contributed by atoms with E-state index in [-0.39, 0.29) is 16.7 Å². The molecule has 8 nitrogen and oxygen atoms in total. The molecule has 0 fully saturated rings. The Bertz CT molecular complexity index is 1380. The van der Waals surface area contributed by atoms with E-state index in [9.17, 15) is 23.2 Å². The van der Waals surface area contributed by atoms with Crippen LogP contribution in [0, 0.1) is 18.6 Å². The van der Waals surface area contributed by atoms with Crippen LogP contribution in [0.25, 0.3) is 11.1 Å². The SMILES string of the molecule is Cc1cc(F)c(-c2ccnn(C)c2=O)cc1NC(=O)C1=CN(C)C(=O)N[C@H]1c1ccc(F)cc1. The fourth-order valence-corrected chi connectivity index (χ4v) is 3.67. The minimum Gasteiger partial charge on any atom is -0.327 e. The maximum atomic E-state index is 14.8. The van der Waals surface area contributed by atoms with Crippen LogP contribution in [0.2, 0.25) is 0 Å². The molecular formula is C24H21F2N5O3. The maximum absolute atomic E-state index is 14.8. The molecule has 0 radical (unpaired) electrons. The third-order valence-corrected chi connectivity index (χ3v) is 5.56. The van der Waals surface area contributed by atoms with Gasteiger partial charge in [-0.2, -0.15) is 5.10 Å². The topological polar surface area (TPSA) is 96.3 Å². The number of hydrogen-bond donors (Lipinski definition) is 2. The molecule has 0 saturated heterocycles. The number of aromatic nitrogens is 2. The van der Waals surface area contributed by atoms with E-state index in [0.717, 1.165) is 4.68 Å². The largest absolute Gasteiger partial charge is 0.327 e. The molecule has 0 bridgehead atoms. The van der Waals surface area contributed by atoms with Crippen molar-refractivity contribution in [2.75, 3.05) is 12.4 Å². The van der Waals surface area contributed by atoms with Gasteiger partial charge in [-0.05, 0) is 48.4 Å². The van der Waals surface area contributed by atoms with E-state index >= 15 is 0 Å². The first kappa shape index (κ1) is 22.8. The summed E-state index contributed by atoms with van der Waals surface area (Å²) in [6.45, 7) is 1.62. The number of amides is 3. The van der Waals surface area contributed by atoms with Gasteiger partial charge in [0.25, 0.3) is 11.5 Å². The Morgan fingerprint density at radius 2 is 1.76 bits per heavy atom. The number of carbonyl (C=O) groups is 2. The predicted octanol–water partition coefficient (Wildman–Crippen LogP) is 3.25. The number of anilines is 1. The highest BCUT2D eigenvalue weighted by Crippen LogP contribution is 2.30. The molecule has 1 aromatic heterocycles. The van der Waals surface area contributed by atoms with Gasteiger partial charge in [-0.1, -0.05) is 12.1 Å². The van der Waals surface area contributed by atoms with E-state index in [4.69, 9.17) is 0 Å². The zero-order valence-corrected chi connectivity index (χ0v) is 18.6. The maximum Gasteiger partial charge on any atom is 0.321 e. The van der Waals surface area contributed by atoms with Crippen LogP contribution in [0.3, 0.4) is 0 Å². The Balaban J connectivity index is 1.71. The van der Waals surface area contributed by atoms with Crippen LogP contribution >= 0.6 is 0 Å². The lowest BCUT2D eigenvalue weighted by Gasteiger charge is -2.30. The number of urea groups is 1. The van der Waals surface area contributed by atoms with Crippen molar-refractivity contribution in [3.63, 3.8) is 0 Å². The number of nitrogens with zero attached hydrogens (tertiary/aromatic N) is 3. The molecule has 4 rings (SSSR count). The zero-order chi connectivity index (χ0) is 24.6. The van der Waals surface area contributed by atoms with Gasteiger partial charge in [0.2, 0.25) is 0 Å². The highest BCUT2D eigenvalue weighted by Gasteiger charge is 2.31. The Morgan fingerprint density at radius 1 is 1.06 bits per heavy atom. The summed E-state index contributed by atoms with van der Waals surface area (Å²) in [5.41, 5.74) is 1.06. The molecule has 2 aromatic carbocycles. The number of halogens is 2. The first-order valence-corrected chi connectivity index (χ1v) is 10.3. The number of aryl methyl sites for hydroxylation is 2. The van der Waals surface area contributed by atoms with Crippen LogP contribution in [0.5, 0.6) is 0 Å². The molecular weight excluding hydrogens is 444 g/mol. The summed E-state index contributed by atoms with van der Waals surface area (Å²) in [6.07, 6.45) is 2.77. The molecule has 34 heavy (non-hydrogen) atoms. The van der Waals surface area contributed by atoms with Gasteiger partial charge in [0.1, 0.15) is 11.6 Å². The third kappa shape index (κ3) is 4.29. The molecule has 1 aliphatic heterocycles. The molecule has 2 heterocycles. The number of nitrogens with one attached hydrogen (secondary N) is 2. The Kier molecular flexibility index (Phi) is 5.97. The number of rotatable bonds is 4. The molecule has 1 atom stereocenters. The Hall–Kier alpha value is -4.34. The highest BCUT2D eigenvalue weighted by molar-refractivity contribution is 6.06. The van der Waals surface area contributed by atoms with E-state index in [2.05, 4.69) is 15.7 Å². The van der Waals surface area contributed by atoms with Crippen molar-refractivity contribution in [1.29, 1.82) is 0 Å². The second-order valence-electron chi connectivity index (χ2n) is 7.90. The molecule has 3 aromatic rings. The fraction of sp³-hybridized carbons (Fsp3) is 0.167. The molecule has 10 heteroatoms. The van der Waals surface area contributed by atoms with Crippen molar-refractivity contribution in [2.24, 2.45) is 7.05 Å². The van der Waals surface area contributed by atoms with Gasteiger partial charge in [-0.15, -0.1) is 0 Å². The summed E-state index contributed by atoms with van der Waals surface area (Å²) in [7, 11) is 2.94. The molecule has 3 amide bonds. The van der Waals surface area contributed by atoms with E-state index in [1.807, 2.05) is 0 Å². The fourth-order valence-electron chi connectivity index (χ4n) is 3.67. The van der Waals surface area contributed by atoms with Crippen molar-refractivity contribution >= 4 is 17.6 Å². The van der Waals surface area contributed by atoms with Gasteiger partial charge in [0.05, 0.1) is 17.2 Å². The zero-order valence-electron chi connectivity index (χ0n) is 18.6. The summed E-state index contributed by atoms with van der Waals surface area (Å²) in [6, 6.07) is 8.20. The Labute approximate surface area is 193 Å². The van der Waals surface area contributed by atoms with Crippen molar-refractivity contribution in [3.05, 3.63) is 93.5 Å². The quantitative estimate of drug-likeness (QED) is 0.618. The lowest BCUT2D eigenvalue weighted by atomic mass is 9.96. The Morgan fingerprint density at radius 3 is 2.47 bits per heavy atom. The predicted molar refractivity (Wildman–Crippen MR) is 122 cm³/mol. The number of benzene rings is 2. The molecule has 0 aliphatic carbocycles. The molecule has 0 unspecified atom stereocenters. The van der Waals surface area contributed by atoms with Gasteiger partial charge in [-0.3, -0.25) is 9.59 Å². The van der Waals surface area contributed by atoms with Crippen molar-refractivity contribution in [3.8, 4) is 11.1 Å². The minimum atomic E-state index is -0.822. The summed E-state index contributed by atoms with van der Waals surface area (Å²) >= 11 is 0. The van der Waals surface area contributed by atoms with Crippen LogP contribution in [-0.2, 0) is 11.8 Å². The van der Waals surface area contributed by atoms with Gasteiger partial charge >= 0.3 is 6.03 Å². The first-order chi connectivity index (χ1) is 16.2. The second kappa shape index (κ2) is 8.89. The molecule has 2 N–H and O–H groups in total. The van der Waals surface area contributed by atoms with Gasteiger partial charge in [0.15, 0.2) is 0 Å². The van der Waals surface area contributed by atoms with Gasteiger partial charge < -0.3 is 15.5 Å². The van der Waals surface area contributed by atoms with E-state index in [1.54, 1.807) is 6.92 Å². The summed E-state index contributed by atoms with van der Waals surface area (Å²) < 4.78 is 29.2. The monoisotopic (exact) mass is 465 g/mol. The molecule has 0 spiro atoms. The van der Waals surface area contributed by atoms with Gasteiger partial charge in [-0.25, -0.2) is 18.3 Å². The summed E-state index contributed by atoms with van der Waals surface area (Å²) in [5, 5.41) is 9.31. The van der Waals surface area contributed by atoms with Crippen LogP contribution in [0.15, 0.2) is 65.2 Å².